The van der Waals surface area contributed by atoms with Crippen LogP contribution in [0.2, 0.25) is 5.02 Å². The Hall–Kier alpha value is -2.31. The van der Waals surface area contributed by atoms with E-state index in [1.807, 2.05) is 29.2 Å². The van der Waals surface area contributed by atoms with E-state index in [1.54, 1.807) is 11.3 Å². The molecule has 0 saturated carbocycles. The van der Waals surface area contributed by atoms with E-state index >= 15 is 0 Å². The Morgan fingerprint density at radius 3 is 2.53 bits per heavy atom. The van der Waals surface area contributed by atoms with Crippen molar-refractivity contribution in [3.63, 3.8) is 0 Å². The van der Waals surface area contributed by atoms with Crippen LogP contribution in [0.5, 0.6) is 0 Å². The Morgan fingerprint density at radius 1 is 0.967 bits per heavy atom. The largest absolute Gasteiger partial charge is 0.367 e. The van der Waals surface area contributed by atoms with Gasteiger partial charge in [-0.05, 0) is 37.1 Å². The van der Waals surface area contributed by atoms with Crippen LogP contribution >= 0.6 is 22.9 Å². The molecule has 3 heterocycles. The molecule has 30 heavy (non-hydrogen) atoms. The highest BCUT2D eigenvalue weighted by Crippen LogP contribution is 2.32. The topological polar surface area (TPSA) is 39.7 Å². The first-order valence-electron chi connectivity index (χ1n) is 10.6. The molecule has 2 aliphatic heterocycles. The smallest absolute Gasteiger partial charge is 0.227 e. The van der Waals surface area contributed by atoms with Crippen LogP contribution in [0.25, 0.3) is 10.2 Å². The molecule has 7 heteroatoms. The van der Waals surface area contributed by atoms with Gasteiger partial charge in [-0.2, -0.15) is 0 Å². The van der Waals surface area contributed by atoms with Gasteiger partial charge in [-0.3, -0.25) is 4.79 Å². The van der Waals surface area contributed by atoms with E-state index in [2.05, 4.69) is 34.1 Å². The van der Waals surface area contributed by atoms with Gasteiger partial charge in [0.15, 0.2) is 5.13 Å². The third-order valence-corrected chi connectivity index (χ3v) is 7.53. The maximum Gasteiger partial charge on any atom is 0.227 e. The van der Waals surface area contributed by atoms with Crippen LogP contribution in [0.15, 0.2) is 48.5 Å². The molecule has 1 atom stereocenters. The summed E-state index contributed by atoms with van der Waals surface area (Å²) in [7, 11) is 0. The lowest BCUT2D eigenvalue weighted by molar-refractivity contribution is -0.136. The summed E-state index contributed by atoms with van der Waals surface area (Å²) in [4.78, 5) is 24.7. The van der Waals surface area contributed by atoms with Crippen LogP contribution in [0.3, 0.4) is 0 Å². The summed E-state index contributed by atoms with van der Waals surface area (Å²) < 4.78 is 1.21. The number of hydrogen-bond donors (Lipinski definition) is 0. The first-order valence-corrected chi connectivity index (χ1v) is 11.8. The van der Waals surface area contributed by atoms with E-state index in [1.165, 1.54) is 4.70 Å². The van der Waals surface area contributed by atoms with Crippen LogP contribution in [-0.4, -0.2) is 55.1 Å². The minimum atomic E-state index is 0.0534. The number of piperazine rings is 1. The number of benzene rings is 2. The molecule has 5 rings (SSSR count). The lowest BCUT2D eigenvalue weighted by Crippen LogP contribution is -2.52. The Labute approximate surface area is 185 Å². The van der Waals surface area contributed by atoms with Crippen LogP contribution in [0.1, 0.15) is 12.8 Å². The number of rotatable bonds is 3. The van der Waals surface area contributed by atoms with Gasteiger partial charge in [-0.1, -0.05) is 47.2 Å². The molecule has 156 valence electrons. The average molecular weight is 441 g/mol. The number of nitrogens with zero attached hydrogens (tertiary/aromatic N) is 4. The van der Waals surface area contributed by atoms with Crippen LogP contribution in [0.4, 0.5) is 10.8 Å². The van der Waals surface area contributed by atoms with Crippen molar-refractivity contribution in [2.24, 2.45) is 5.92 Å². The summed E-state index contributed by atoms with van der Waals surface area (Å²) in [5.41, 5.74) is 2.10. The third-order valence-electron chi connectivity index (χ3n) is 6.11. The normalized spacial score (nSPS) is 20.0. The Bertz CT molecular complexity index is 1010. The summed E-state index contributed by atoms with van der Waals surface area (Å²) in [5, 5.41) is 1.81. The van der Waals surface area contributed by atoms with Crippen molar-refractivity contribution < 1.29 is 4.79 Å². The number of thiazole rings is 1. The van der Waals surface area contributed by atoms with Crippen LogP contribution < -0.4 is 9.80 Å². The predicted octanol–water partition coefficient (Wildman–Crippen LogP) is 4.51. The first-order chi connectivity index (χ1) is 14.7. The number of fused-ring (bicyclic) bond motifs is 1. The first kappa shape index (κ1) is 19.6. The molecule has 0 bridgehead atoms. The van der Waals surface area contributed by atoms with Crippen LogP contribution in [-0.2, 0) is 4.79 Å². The summed E-state index contributed by atoms with van der Waals surface area (Å²) in [5.74, 6) is 0.345. The van der Waals surface area contributed by atoms with Crippen molar-refractivity contribution in [2.75, 3.05) is 49.1 Å². The SMILES string of the molecule is O=C(C1CCCN(c2nc3ccccc3s2)C1)N1CCN(c2ccccc2Cl)CC1. The van der Waals surface area contributed by atoms with Crippen molar-refractivity contribution in [1.82, 2.24) is 9.88 Å². The van der Waals surface area contributed by atoms with E-state index < -0.39 is 0 Å². The van der Waals surface area contributed by atoms with Crippen LogP contribution in [0, 0.1) is 5.92 Å². The standard InChI is InChI=1S/C23H25ClN4OS/c24-18-7-1-3-9-20(18)26-12-14-27(15-13-26)22(29)17-6-5-11-28(16-17)23-25-19-8-2-4-10-21(19)30-23/h1-4,7-10,17H,5-6,11-16H2. The monoisotopic (exact) mass is 440 g/mol. The summed E-state index contributed by atoms with van der Waals surface area (Å²) >= 11 is 8.07. The molecule has 1 unspecified atom stereocenters. The van der Waals surface area contributed by atoms with Gasteiger partial charge in [0.25, 0.3) is 0 Å². The minimum absolute atomic E-state index is 0.0534. The summed E-state index contributed by atoms with van der Waals surface area (Å²) in [6.07, 6.45) is 2.00. The van der Waals surface area contributed by atoms with Gasteiger partial charge in [0.1, 0.15) is 0 Å². The van der Waals surface area contributed by atoms with E-state index in [-0.39, 0.29) is 5.92 Å². The second kappa shape index (κ2) is 8.44. The Morgan fingerprint density at radius 2 is 1.73 bits per heavy atom. The molecular weight excluding hydrogens is 416 g/mol. The number of hydrogen-bond acceptors (Lipinski definition) is 5. The zero-order valence-electron chi connectivity index (χ0n) is 16.8. The van der Waals surface area contributed by atoms with Crippen molar-refractivity contribution in [2.45, 2.75) is 12.8 Å². The molecule has 2 aromatic carbocycles. The maximum atomic E-state index is 13.2. The van der Waals surface area contributed by atoms with Gasteiger partial charge in [-0.15, -0.1) is 0 Å². The molecule has 0 spiro atoms. The zero-order chi connectivity index (χ0) is 20.5. The Kier molecular flexibility index (Phi) is 5.52. The van der Waals surface area contributed by atoms with Gasteiger partial charge < -0.3 is 14.7 Å². The second-order valence-corrected chi connectivity index (χ2v) is 9.43. The molecule has 2 saturated heterocycles. The number of piperidine rings is 1. The zero-order valence-corrected chi connectivity index (χ0v) is 18.4. The number of halogens is 1. The highest BCUT2D eigenvalue weighted by atomic mass is 35.5. The molecule has 2 fully saturated rings. The average Bonchev–Trinajstić information content (AvgIpc) is 3.24. The number of carbonyl (C=O) groups is 1. The fourth-order valence-electron chi connectivity index (χ4n) is 4.48. The highest BCUT2D eigenvalue weighted by molar-refractivity contribution is 7.22. The molecule has 0 radical (unpaired) electrons. The molecular formula is C23H25ClN4OS. The van der Waals surface area contributed by atoms with Gasteiger partial charge in [0.05, 0.1) is 26.8 Å². The number of para-hydroxylation sites is 2. The molecule has 1 aromatic heterocycles. The van der Waals surface area contributed by atoms with Crippen molar-refractivity contribution in [3.05, 3.63) is 53.6 Å². The highest BCUT2D eigenvalue weighted by Gasteiger charge is 2.32. The molecule has 0 aliphatic carbocycles. The lowest BCUT2D eigenvalue weighted by Gasteiger charge is -2.40. The van der Waals surface area contributed by atoms with E-state index in [9.17, 15) is 4.79 Å². The minimum Gasteiger partial charge on any atom is -0.367 e. The number of anilines is 2. The van der Waals surface area contributed by atoms with Crippen molar-refractivity contribution in [3.8, 4) is 0 Å². The van der Waals surface area contributed by atoms with Gasteiger partial charge in [-0.25, -0.2) is 4.98 Å². The summed E-state index contributed by atoms with van der Waals surface area (Å²) in [6, 6.07) is 16.2. The molecule has 0 N–H and O–H groups in total. The second-order valence-electron chi connectivity index (χ2n) is 8.01. The summed E-state index contributed by atoms with van der Waals surface area (Å²) in [6.45, 7) is 4.89. The van der Waals surface area contributed by atoms with Gasteiger partial charge >= 0.3 is 0 Å². The molecule has 2 aliphatic rings. The number of carbonyl (C=O) groups excluding carboxylic acids is 1. The molecule has 5 nitrogen and oxygen atoms in total. The van der Waals surface area contributed by atoms with E-state index in [4.69, 9.17) is 16.6 Å². The maximum absolute atomic E-state index is 13.2. The molecule has 3 aromatic rings. The fraction of sp³-hybridized carbons (Fsp3) is 0.391. The van der Waals surface area contributed by atoms with Gasteiger partial charge in [0, 0.05) is 39.3 Å². The van der Waals surface area contributed by atoms with E-state index in [0.717, 1.165) is 73.5 Å². The quantitative estimate of drug-likeness (QED) is 0.600. The van der Waals surface area contributed by atoms with Crippen molar-refractivity contribution in [1.29, 1.82) is 0 Å². The molecule has 1 amide bonds. The number of amides is 1. The lowest BCUT2D eigenvalue weighted by atomic mass is 9.96. The Balaban J connectivity index is 1.22. The van der Waals surface area contributed by atoms with E-state index in [0.29, 0.717) is 5.91 Å². The van der Waals surface area contributed by atoms with Gasteiger partial charge in [0.2, 0.25) is 5.91 Å². The van der Waals surface area contributed by atoms with Crippen molar-refractivity contribution >= 4 is 49.9 Å². The third kappa shape index (κ3) is 3.86. The number of aromatic nitrogens is 1. The predicted molar refractivity (Wildman–Crippen MR) is 125 cm³/mol. The fourth-order valence-corrected chi connectivity index (χ4v) is 5.74.